The summed E-state index contributed by atoms with van der Waals surface area (Å²) in [5.74, 6) is -0.0704. The lowest BCUT2D eigenvalue weighted by Gasteiger charge is -2.29. The molecule has 110 valence electrons. The third-order valence-corrected chi connectivity index (χ3v) is 3.11. The topological polar surface area (TPSA) is 49.9 Å². The molecule has 1 aromatic rings. The monoisotopic (exact) mass is 296 g/mol. The fourth-order valence-electron chi connectivity index (χ4n) is 1.59. The second kappa shape index (κ2) is 6.76. The largest absolute Gasteiger partial charge is 0.441 e. The van der Waals surface area contributed by atoms with Gasteiger partial charge >= 0.3 is 6.09 Å². The second-order valence-electron chi connectivity index (χ2n) is 5.23. The number of rotatable bonds is 5. The molecule has 0 aliphatic rings. The minimum atomic E-state index is -0.902. The number of nitrogens with zero attached hydrogens (tertiary/aromatic N) is 2. The number of hydrazine groups is 1. The third kappa shape index (κ3) is 4.86. The minimum Gasteiger partial charge on any atom is -0.441 e. The van der Waals surface area contributed by atoms with E-state index in [2.05, 4.69) is 12.8 Å². The predicted molar refractivity (Wildman–Crippen MR) is 80.5 cm³/mol. The van der Waals surface area contributed by atoms with E-state index in [1.807, 2.05) is 6.07 Å². The molecule has 5 nitrogen and oxygen atoms in total. The maximum Gasteiger partial charge on any atom is 0.435 e. The van der Waals surface area contributed by atoms with E-state index in [1.165, 1.54) is 5.01 Å². The van der Waals surface area contributed by atoms with E-state index in [4.69, 9.17) is 4.74 Å². The molecule has 0 fully saturated rings. The molecule has 0 spiro atoms. The molecule has 0 saturated heterocycles. The van der Waals surface area contributed by atoms with Gasteiger partial charge in [-0.05, 0) is 26.7 Å². The summed E-state index contributed by atoms with van der Waals surface area (Å²) < 4.78 is 6.34. The number of hydrogen-bond acceptors (Lipinski definition) is 5. The number of ether oxygens (including phenoxy) is 1. The molecule has 0 aromatic heterocycles. The molecule has 20 heavy (non-hydrogen) atoms. The molecule has 0 N–H and O–H groups in total. The van der Waals surface area contributed by atoms with Crippen LogP contribution in [0.3, 0.4) is 0 Å². The van der Waals surface area contributed by atoms with Crippen molar-refractivity contribution < 1.29 is 14.3 Å². The zero-order chi connectivity index (χ0) is 15.3. The van der Waals surface area contributed by atoms with Crippen molar-refractivity contribution in [1.29, 1.82) is 0 Å². The lowest BCUT2D eigenvalue weighted by Crippen LogP contribution is -2.40. The number of carbonyl (C=O) groups is 2. The van der Waals surface area contributed by atoms with Crippen LogP contribution in [0.4, 0.5) is 4.79 Å². The molecule has 0 unspecified atom stereocenters. The van der Waals surface area contributed by atoms with Gasteiger partial charge in [-0.2, -0.15) is 4.41 Å². The molecule has 6 heteroatoms. The fourth-order valence-corrected chi connectivity index (χ4v) is 1.63. The second-order valence-corrected chi connectivity index (χ2v) is 5.61. The summed E-state index contributed by atoms with van der Waals surface area (Å²) in [4.78, 5) is 23.9. The fraction of sp³-hybridized carbons (Fsp3) is 0.429. The molecule has 0 heterocycles. The van der Waals surface area contributed by atoms with Crippen molar-refractivity contribution in [3.8, 4) is 0 Å². The zero-order valence-corrected chi connectivity index (χ0v) is 13.1. The maximum absolute atomic E-state index is 12.1. The number of hydrogen-bond donors (Lipinski definition) is 1. The highest BCUT2D eigenvalue weighted by Crippen LogP contribution is 2.20. The van der Waals surface area contributed by atoms with Crippen molar-refractivity contribution in [2.75, 3.05) is 14.1 Å². The van der Waals surface area contributed by atoms with Crippen molar-refractivity contribution in [1.82, 2.24) is 9.42 Å². The van der Waals surface area contributed by atoms with Crippen molar-refractivity contribution in [3.05, 3.63) is 35.9 Å². The Kier molecular flexibility index (Phi) is 5.59. The maximum atomic E-state index is 12.1. The van der Waals surface area contributed by atoms with Crippen LogP contribution in [0.15, 0.2) is 30.3 Å². The molecule has 0 aliphatic heterocycles. The molecule has 0 aliphatic carbocycles. The van der Waals surface area contributed by atoms with Gasteiger partial charge in [0, 0.05) is 19.7 Å². The van der Waals surface area contributed by atoms with Gasteiger partial charge < -0.3 is 4.74 Å². The summed E-state index contributed by atoms with van der Waals surface area (Å²) in [5.41, 5.74) is -0.298. The van der Waals surface area contributed by atoms with Crippen LogP contribution in [-0.4, -0.2) is 41.0 Å². The number of carbonyl (C=O) groups excluding carboxylic acids is 2. The number of ketones is 1. The molecule has 0 radical (unpaired) electrons. The molecular formula is C14H20N2O3S. The van der Waals surface area contributed by atoms with Gasteiger partial charge in [0.2, 0.25) is 0 Å². The summed E-state index contributed by atoms with van der Waals surface area (Å²) in [7, 11) is 3.33. The zero-order valence-electron chi connectivity index (χ0n) is 12.2. The standard InChI is InChI=1S/C14H20N2O3S/c1-14(2,19-13(18)16(20)15(3)4)10-12(17)11-8-6-5-7-9-11/h5-9,20H,10H2,1-4H3. The minimum absolute atomic E-state index is 0.0704. The average molecular weight is 296 g/mol. The average Bonchev–Trinajstić information content (AvgIpc) is 2.37. The SMILES string of the molecule is CN(C)N(S)C(=O)OC(C)(C)CC(=O)c1ccccc1. The van der Waals surface area contributed by atoms with E-state index in [-0.39, 0.29) is 12.2 Å². The number of benzene rings is 1. The van der Waals surface area contributed by atoms with Crippen LogP contribution < -0.4 is 0 Å². The van der Waals surface area contributed by atoms with Crippen molar-refractivity contribution in [3.63, 3.8) is 0 Å². The Morgan fingerprint density at radius 1 is 1.20 bits per heavy atom. The van der Waals surface area contributed by atoms with Crippen LogP contribution in [0.2, 0.25) is 0 Å². The molecule has 0 saturated carbocycles. The van der Waals surface area contributed by atoms with Gasteiger partial charge in [0.15, 0.2) is 5.78 Å². The lowest BCUT2D eigenvalue weighted by atomic mass is 9.97. The van der Waals surface area contributed by atoms with E-state index in [0.29, 0.717) is 5.56 Å². The van der Waals surface area contributed by atoms with Crippen LogP contribution in [-0.2, 0) is 4.74 Å². The van der Waals surface area contributed by atoms with E-state index in [9.17, 15) is 9.59 Å². The highest BCUT2D eigenvalue weighted by atomic mass is 32.1. The summed E-state index contributed by atoms with van der Waals surface area (Å²) in [6.45, 7) is 3.39. The first-order chi connectivity index (χ1) is 9.23. The summed E-state index contributed by atoms with van der Waals surface area (Å²) in [5, 5.41) is 1.47. The van der Waals surface area contributed by atoms with Crippen LogP contribution in [0, 0.1) is 0 Å². The Morgan fingerprint density at radius 3 is 2.25 bits per heavy atom. The molecule has 1 rings (SSSR count). The molecular weight excluding hydrogens is 276 g/mol. The van der Waals surface area contributed by atoms with Crippen molar-refractivity contribution in [2.24, 2.45) is 0 Å². The number of Topliss-reactive ketones (excluding diaryl/α,β-unsaturated/α-hetero) is 1. The van der Waals surface area contributed by atoms with Crippen LogP contribution in [0.25, 0.3) is 0 Å². The van der Waals surface area contributed by atoms with Crippen LogP contribution in [0.1, 0.15) is 30.6 Å². The van der Waals surface area contributed by atoms with Gasteiger partial charge in [0.1, 0.15) is 5.60 Å². The van der Waals surface area contributed by atoms with E-state index in [1.54, 1.807) is 52.2 Å². The highest BCUT2D eigenvalue weighted by Gasteiger charge is 2.29. The normalized spacial score (nSPS) is 11.3. The van der Waals surface area contributed by atoms with Crippen LogP contribution >= 0.6 is 12.8 Å². The first kappa shape index (κ1) is 16.5. The Balaban J connectivity index is 2.66. The summed E-state index contributed by atoms with van der Waals surface area (Å²) in [6.07, 6.45) is -0.512. The van der Waals surface area contributed by atoms with Gasteiger partial charge in [0.05, 0.1) is 6.42 Å². The van der Waals surface area contributed by atoms with Gasteiger partial charge in [0.25, 0.3) is 0 Å². The lowest BCUT2D eigenvalue weighted by molar-refractivity contribution is 0.000455. The van der Waals surface area contributed by atoms with Gasteiger partial charge in [-0.3, -0.25) is 4.79 Å². The van der Waals surface area contributed by atoms with E-state index < -0.39 is 11.7 Å². The molecule has 0 bridgehead atoms. The van der Waals surface area contributed by atoms with Gasteiger partial charge in [-0.15, -0.1) is 0 Å². The molecule has 0 atom stereocenters. The Morgan fingerprint density at radius 2 is 1.75 bits per heavy atom. The Bertz CT molecular complexity index is 475. The number of amides is 1. The smallest absolute Gasteiger partial charge is 0.435 e. The highest BCUT2D eigenvalue weighted by molar-refractivity contribution is 7.78. The Hall–Kier alpha value is -1.53. The first-order valence-corrected chi connectivity index (χ1v) is 6.60. The van der Waals surface area contributed by atoms with E-state index in [0.717, 1.165) is 4.41 Å². The van der Waals surface area contributed by atoms with Crippen LogP contribution in [0.5, 0.6) is 0 Å². The Labute approximate surface area is 125 Å². The quantitative estimate of drug-likeness (QED) is 0.516. The predicted octanol–water partition coefficient (Wildman–Crippen LogP) is 2.80. The van der Waals surface area contributed by atoms with Gasteiger partial charge in [-0.1, -0.05) is 30.3 Å². The molecule has 1 aromatic carbocycles. The molecule has 1 amide bonds. The van der Waals surface area contributed by atoms with E-state index >= 15 is 0 Å². The van der Waals surface area contributed by atoms with Crippen molar-refractivity contribution in [2.45, 2.75) is 25.9 Å². The first-order valence-electron chi connectivity index (χ1n) is 6.20. The summed E-state index contributed by atoms with van der Waals surface area (Å²) in [6, 6.07) is 8.93. The van der Waals surface area contributed by atoms with Gasteiger partial charge in [-0.25, -0.2) is 9.80 Å². The van der Waals surface area contributed by atoms with Crippen molar-refractivity contribution >= 4 is 24.7 Å². The number of thiol groups is 1. The third-order valence-electron chi connectivity index (χ3n) is 2.59. The summed E-state index contributed by atoms with van der Waals surface area (Å²) >= 11 is 3.99.